The molecule has 30 heavy (non-hydrogen) atoms. The smallest absolute Gasteiger partial charge is 0.343 e. The van der Waals surface area contributed by atoms with Crippen molar-refractivity contribution >= 4 is 85.8 Å². The van der Waals surface area contributed by atoms with Crippen molar-refractivity contribution in [1.29, 1.82) is 0 Å². The average Bonchev–Trinajstić information content (AvgIpc) is 3.06. The predicted molar refractivity (Wildman–Crippen MR) is 136 cm³/mol. The number of esters is 1. The Morgan fingerprint density at radius 2 is 1.87 bits per heavy atom. The average molecular weight is 648 g/mol. The second kappa shape index (κ2) is 10.6. The predicted octanol–water partition coefficient (Wildman–Crippen LogP) is 4.90. The number of nitrogens with zero attached hydrogens (tertiary/aromatic N) is 1. The van der Waals surface area contributed by atoms with Crippen LogP contribution >= 0.6 is 56.9 Å². The topological polar surface area (TPSA) is 77.0 Å². The quantitative estimate of drug-likeness (QED) is 0.274. The summed E-state index contributed by atoms with van der Waals surface area (Å²) in [6, 6.07) is 11.7. The van der Waals surface area contributed by atoms with Crippen LogP contribution in [0.2, 0.25) is 0 Å². The van der Waals surface area contributed by atoms with Crippen LogP contribution in [0.4, 0.5) is 5.69 Å². The van der Waals surface area contributed by atoms with E-state index >= 15 is 0 Å². The van der Waals surface area contributed by atoms with Crippen LogP contribution in [0.3, 0.4) is 0 Å². The highest BCUT2D eigenvalue weighted by atomic mass is 127. The summed E-state index contributed by atoms with van der Waals surface area (Å²) in [6.07, 6.45) is 2.79. The van der Waals surface area contributed by atoms with Crippen molar-refractivity contribution in [3.8, 4) is 5.75 Å². The van der Waals surface area contributed by atoms with Gasteiger partial charge in [0.2, 0.25) is 0 Å². The fourth-order valence-corrected chi connectivity index (χ4v) is 5.52. The number of hydrogen-bond acceptors (Lipinski definition) is 6. The van der Waals surface area contributed by atoms with Gasteiger partial charge in [0.15, 0.2) is 11.8 Å². The molecule has 1 N–H and O–H groups in total. The highest BCUT2D eigenvalue weighted by molar-refractivity contribution is 14.1. The van der Waals surface area contributed by atoms with Gasteiger partial charge in [0.05, 0.1) is 24.8 Å². The SMILES string of the molecule is CCc1ccc(N=C2NC(=O)/C(=C/c3cc(I)c(OCC(=O)OC)c(I)c3)S2)cc1. The maximum Gasteiger partial charge on any atom is 0.343 e. The zero-order valence-electron chi connectivity index (χ0n) is 16.2. The lowest BCUT2D eigenvalue weighted by atomic mass is 10.2. The van der Waals surface area contributed by atoms with Crippen LogP contribution in [0.15, 0.2) is 46.3 Å². The summed E-state index contributed by atoms with van der Waals surface area (Å²) in [5, 5.41) is 3.36. The van der Waals surface area contributed by atoms with E-state index in [0.717, 1.165) is 24.8 Å². The molecule has 1 amide bonds. The standard InChI is InChI=1S/C21H18I2N2O4S/c1-3-12-4-6-14(7-5-12)24-21-25-20(27)17(30-21)10-13-8-15(22)19(16(23)9-13)29-11-18(26)28-2/h4-10H,3,11H2,1-2H3,(H,24,25,27)/b17-10-. The molecule has 0 radical (unpaired) electrons. The van der Waals surface area contributed by atoms with Gasteiger partial charge in [0.25, 0.3) is 5.91 Å². The number of rotatable bonds is 6. The molecule has 1 heterocycles. The molecule has 0 bridgehead atoms. The number of amidine groups is 1. The number of aliphatic imine (C=N–C) groups is 1. The molecule has 0 atom stereocenters. The van der Waals surface area contributed by atoms with E-state index in [1.807, 2.05) is 42.5 Å². The molecule has 1 aliphatic heterocycles. The van der Waals surface area contributed by atoms with Crippen molar-refractivity contribution in [3.05, 3.63) is 59.6 Å². The highest BCUT2D eigenvalue weighted by Crippen LogP contribution is 2.32. The molecule has 9 heteroatoms. The van der Waals surface area contributed by atoms with Crippen molar-refractivity contribution in [2.75, 3.05) is 13.7 Å². The molecule has 0 spiro atoms. The van der Waals surface area contributed by atoms with Crippen LogP contribution in [0.1, 0.15) is 18.1 Å². The molecule has 2 aromatic rings. The van der Waals surface area contributed by atoms with Crippen LogP contribution in [0.25, 0.3) is 6.08 Å². The van der Waals surface area contributed by atoms with E-state index in [9.17, 15) is 9.59 Å². The number of hydrogen-bond donors (Lipinski definition) is 1. The van der Waals surface area contributed by atoms with Gasteiger partial charge < -0.3 is 14.8 Å². The third kappa shape index (κ3) is 5.97. The minimum absolute atomic E-state index is 0.153. The number of benzene rings is 2. The van der Waals surface area contributed by atoms with Gasteiger partial charge in [-0.2, -0.15) is 0 Å². The van der Waals surface area contributed by atoms with Gasteiger partial charge in [-0.15, -0.1) is 0 Å². The number of halogens is 2. The van der Waals surface area contributed by atoms with Crippen LogP contribution < -0.4 is 10.1 Å². The summed E-state index contributed by atoms with van der Waals surface area (Å²) in [4.78, 5) is 28.8. The van der Waals surface area contributed by atoms with Gasteiger partial charge in [-0.1, -0.05) is 19.1 Å². The Labute approximate surface area is 206 Å². The molecule has 2 aromatic carbocycles. The zero-order valence-corrected chi connectivity index (χ0v) is 21.3. The molecule has 0 unspecified atom stereocenters. The number of nitrogens with one attached hydrogen (secondary N) is 1. The van der Waals surface area contributed by atoms with Crippen molar-refractivity contribution in [3.63, 3.8) is 0 Å². The molecule has 156 valence electrons. The summed E-state index contributed by atoms with van der Waals surface area (Å²) in [7, 11) is 1.32. The van der Waals surface area contributed by atoms with Gasteiger partial charge in [0, 0.05) is 0 Å². The molecule has 1 aliphatic rings. The first-order chi connectivity index (χ1) is 14.4. The number of carbonyl (C=O) groups excluding carboxylic acids is 2. The van der Waals surface area contributed by atoms with Gasteiger partial charge >= 0.3 is 5.97 Å². The van der Waals surface area contributed by atoms with Crippen molar-refractivity contribution in [2.45, 2.75) is 13.3 Å². The summed E-state index contributed by atoms with van der Waals surface area (Å²) < 4.78 is 11.8. The molecular weight excluding hydrogens is 630 g/mol. The lowest BCUT2D eigenvalue weighted by Crippen LogP contribution is -2.19. The maximum absolute atomic E-state index is 12.4. The molecule has 1 saturated heterocycles. The fraction of sp³-hybridized carbons (Fsp3) is 0.190. The summed E-state index contributed by atoms with van der Waals surface area (Å²) in [5.74, 6) is -0.00649. The number of ether oxygens (including phenoxy) is 2. The molecule has 0 saturated carbocycles. The van der Waals surface area contributed by atoms with Crippen LogP contribution in [-0.2, 0) is 20.7 Å². The molecular formula is C21H18I2N2O4S. The van der Waals surface area contributed by atoms with Crippen LogP contribution in [-0.4, -0.2) is 30.8 Å². The third-order valence-electron chi connectivity index (χ3n) is 4.11. The first-order valence-corrected chi connectivity index (χ1v) is 11.9. The Bertz CT molecular complexity index is 1010. The van der Waals surface area contributed by atoms with Gasteiger partial charge in [-0.05, 0) is 105 Å². The highest BCUT2D eigenvalue weighted by Gasteiger charge is 2.24. The minimum Gasteiger partial charge on any atom is -0.480 e. The van der Waals surface area contributed by atoms with Crippen molar-refractivity contribution in [1.82, 2.24) is 5.32 Å². The van der Waals surface area contributed by atoms with E-state index in [2.05, 4.69) is 67.2 Å². The Balaban J connectivity index is 1.77. The summed E-state index contributed by atoms with van der Waals surface area (Å²) in [6.45, 7) is 1.95. The van der Waals surface area contributed by atoms with E-state index in [1.165, 1.54) is 24.4 Å². The monoisotopic (exact) mass is 648 g/mol. The van der Waals surface area contributed by atoms with E-state index < -0.39 is 5.97 Å². The normalized spacial score (nSPS) is 16.1. The number of thioether (sulfide) groups is 1. The minimum atomic E-state index is -0.442. The number of carbonyl (C=O) groups is 2. The second-order valence-corrected chi connectivity index (χ2v) is 9.54. The zero-order chi connectivity index (χ0) is 21.7. The molecule has 0 aliphatic carbocycles. The van der Waals surface area contributed by atoms with Crippen LogP contribution in [0, 0.1) is 7.14 Å². The lowest BCUT2D eigenvalue weighted by molar-refractivity contribution is -0.142. The molecule has 0 aromatic heterocycles. The first kappa shape index (κ1) is 23.1. The fourth-order valence-electron chi connectivity index (χ4n) is 2.55. The molecule has 6 nitrogen and oxygen atoms in total. The first-order valence-electron chi connectivity index (χ1n) is 8.96. The Kier molecular flexibility index (Phi) is 8.17. The van der Waals surface area contributed by atoms with E-state index in [1.54, 1.807) is 0 Å². The lowest BCUT2D eigenvalue weighted by Gasteiger charge is -2.10. The third-order valence-corrected chi connectivity index (χ3v) is 6.62. The number of aryl methyl sites for hydroxylation is 1. The molecule has 3 rings (SSSR count). The molecule has 1 fully saturated rings. The Morgan fingerprint density at radius 3 is 2.47 bits per heavy atom. The van der Waals surface area contributed by atoms with E-state index in [0.29, 0.717) is 15.8 Å². The summed E-state index contributed by atoms with van der Waals surface area (Å²) in [5.41, 5.74) is 2.90. The maximum atomic E-state index is 12.4. The summed E-state index contributed by atoms with van der Waals surface area (Å²) >= 11 is 5.59. The largest absolute Gasteiger partial charge is 0.480 e. The van der Waals surface area contributed by atoms with Crippen molar-refractivity contribution < 1.29 is 19.1 Å². The van der Waals surface area contributed by atoms with Gasteiger partial charge in [-0.3, -0.25) is 4.79 Å². The van der Waals surface area contributed by atoms with Crippen molar-refractivity contribution in [2.24, 2.45) is 4.99 Å². The van der Waals surface area contributed by atoms with Crippen LogP contribution in [0.5, 0.6) is 5.75 Å². The number of methoxy groups -OCH3 is 1. The van der Waals surface area contributed by atoms with E-state index in [-0.39, 0.29) is 12.5 Å². The number of amides is 1. The Morgan fingerprint density at radius 1 is 1.20 bits per heavy atom. The second-order valence-electron chi connectivity index (χ2n) is 6.18. The van der Waals surface area contributed by atoms with Gasteiger partial charge in [0.1, 0.15) is 5.75 Å². The Hall–Kier alpha value is -1.60. The van der Waals surface area contributed by atoms with E-state index in [4.69, 9.17) is 4.74 Å². The van der Waals surface area contributed by atoms with Gasteiger partial charge in [-0.25, -0.2) is 9.79 Å².